The van der Waals surface area contributed by atoms with Gasteiger partial charge in [-0.15, -0.1) is 18.3 Å². The van der Waals surface area contributed by atoms with Crippen molar-refractivity contribution in [3.8, 4) is 0 Å². The molecule has 0 aromatic carbocycles. The van der Waals surface area contributed by atoms with Crippen LogP contribution in [0.3, 0.4) is 0 Å². The number of nitrogens with one attached hydrogen (secondary N) is 1. The van der Waals surface area contributed by atoms with Crippen LogP contribution >= 0.6 is 11.8 Å². The number of hydrogen-bond acceptors (Lipinski definition) is 7. The Balaban J connectivity index is 2.08. The molecule has 0 spiro atoms. The number of nitrogens with zero attached hydrogens (tertiary/aromatic N) is 1. The molecule has 8 atom stereocenters. The van der Waals surface area contributed by atoms with Gasteiger partial charge in [-0.3, -0.25) is 9.69 Å². The number of likely N-dealkylation sites (N-methyl/N-ethyl adjacent to an activating group) is 1. The normalized spacial score (nSPS) is 38.5. The fraction of sp³-hybridized carbons (Fsp3) is 0.842. The van der Waals surface area contributed by atoms with E-state index in [0.717, 1.165) is 25.8 Å². The summed E-state index contributed by atoms with van der Waals surface area (Å²) >= 11 is 1.26. The van der Waals surface area contributed by atoms with Crippen molar-refractivity contribution in [1.29, 1.82) is 0 Å². The third-order valence-corrected chi connectivity index (χ3v) is 6.47. The molecule has 7 nitrogen and oxygen atoms in total. The van der Waals surface area contributed by atoms with Crippen LogP contribution in [0.15, 0.2) is 12.7 Å². The minimum Gasteiger partial charge on any atom is -0.388 e. The third kappa shape index (κ3) is 5.25. The largest absolute Gasteiger partial charge is 0.388 e. The lowest BCUT2D eigenvalue weighted by Gasteiger charge is -2.43. The van der Waals surface area contributed by atoms with Crippen LogP contribution in [0.4, 0.5) is 0 Å². The second-order valence-electron chi connectivity index (χ2n) is 7.66. The SMILES string of the molecule is C=CCC(NC(=O)C1CC(CCC)CN1C)C1OC(SC)C(O)C(O)C1O. The first-order chi connectivity index (χ1) is 12.8. The number of hydrogen-bond donors (Lipinski definition) is 4. The van der Waals surface area contributed by atoms with Crippen molar-refractivity contribution in [2.75, 3.05) is 19.8 Å². The van der Waals surface area contributed by atoms with E-state index in [1.165, 1.54) is 11.8 Å². The summed E-state index contributed by atoms with van der Waals surface area (Å²) in [5.41, 5.74) is -0.666. The van der Waals surface area contributed by atoms with E-state index >= 15 is 0 Å². The molecular formula is C19H34N2O5S. The number of rotatable bonds is 8. The van der Waals surface area contributed by atoms with Crippen LogP contribution in [-0.2, 0) is 9.53 Å². The molecule has 2 heterocycles. The molecule has 0 saturated carbocycles. The van der Waals surface area contributed by atoms with Gasteiger partial charge in [0, 0.05) is 6.54 Å². The maximum atomic E-state index is 12.9. The lowest BCUT2D eigenvalue weighted by molar-refractivity contribution is -0.205. The van der Waals surface area contributed by atoms with Crippen molar-refractivity contribution in [3.05, 3.63) is 12.7 Å². The summed E-state index contributed by atoms with van der Waals surface area (Å²) in [6, 6.07) is -0.734. The fourth-order valence-corrected chi connectivity index (χ4v) is 4.84. The van der Waals surface area contributed by atoms with Crippen LogP contribution in [0.5, 0.6) is 0 Å². The molecule has 8 heteroatoms. The summed E-state index contributed by atoms with van der Waals surface area (Å²) in [5, 5.41) is 33.6. The molecular weight excluding hydrogens is 368 g/mol. The predicted octanol–water partition coefficient (Wildman–Crippen LogP) is 0.338. The molecule has 27 heavy (non-hydrogen) atoms. The Morgan fingerprint density at radius 2 is 2.07 bits per heavy atom. The van der Waals surface area contributed by atoms with E-state index in [9.17, 15) is 20.1 Å². The van der Waals surface area contributed by atoms with Crippen LogP contribution in [0, 0.1) is 5.92 Å². The van der Waals surface area contributed by atoms with Gasteiger partial charge >= 0.3 is 0 Å². The van der Waals surface area contributed by atoms with E-state index in [4.69, 9.17) is 4.74 Å². The molecule has 1 amide bonds. The quantitative estimate of drug-likeness (QED) is 0.434. The maximum Gasteiger partial charge on any atom is 0.237 e. The molecule has 4 N–H and O–H groups in total. The van der Waals surface area contributed by atoms with Gasteiger partial charge in [0.2, 0.25) is 5.91 Å². The summed E-state index contributed by atoms with van der Waals surface area (Å²) in [4.78, 5) is 15.0. The fourth-order valence-electron chi connectivity index (χ4n) is 4.16. The molecule has 2 aliphatic rings. The van der Waals surface area contributed by atoms with Crippen molar-refractivity contribution in [2.45, 2.75) is 74.5 Å². The molecule has 8 unspecified atom stereocenters. The van der Waals surface area contributed by atoms with Crippen LogP contribution in [0.1, 0.15) is 32.6 Å². The molecule has 156 valence electrons. The van der Waals surface area contributed by atoms with Crippen molar-refractivity contribution >= 4 is 17.7 Å². The number of aliphatic hydroxyl groups excluding tert-OH is 3. The highest BCUT2D eigenvalue weighted by molar-refractivity contribution is 7.99. The van der Waals surface area contributed by atoms with Crippen LogP contribution in [0.2, 0.25) is 0 Å². The summed E-state index contributed by atoms with van der Waals surface area (Å²) < 4.78 is 5.82. The van der Waals surface area contributed by atoms with Crippen molar-refractivity contribution in [3.63, 3.8) is 0 Å². The van der Waals surface area contributed by atoms with E-state index in [0.29, 0.717) is 12.3 Å². The lowest BCUT2D eigenvalue weighted by Crippen LogP contribution is -2.63. The molecule has 2 aliphatic heterocycles. The number of carbonyl (C=O) groups excluding carboxylic acids is 1. The summed E-state index contributed by atoms with van der Waals surface area (Å²) in [5.74, 6) is 0.419. The Kier molecular flexibility index (Phi) is 8.58. The minimum absolute atomic E-state index is 0.0972. The smallest absolute Gasteiger partial charge is 0.237 e. The summed E-state index contributed by atoms with van der Waals surface area (Å²) in [6.45, 7) is 6.79. The average molecular weight is 403 g/mol. The Morgan fingerprint density at radius 1 is 1.37 bits per heavy atom. The second-order valence-corrected chi connectivity index (χ2v) is 8.60. The van der Waals surface area contributed by atoms with Crippen LogP contribution in [-0.4, -0.2) is 87.9 Å². The lowest BCUT2D eigenvalue weighted by atomic mass is 9.92. The first-order valence-corrected chi connectivity index (χ1v) is 11.0. The monoisotopic (exact) mass is 402 g/mol. The van der Waals surface area contributed by atoms with Crippen molar-refractivity contribution < 1.29 is 24.9 Å². The standard InChI is InChI=1S/C19H34N2O5S/c1-5-7-11-9-13(21(3)10-11)18(25)20-12(8-6-2)17-15(23)14(22)16(24)19(26-17)27-4/h6,11-17,19,22-24H,2,5,7-10H2,1,3-4H3,(H,20,25). The highest BCUT2D eigenvalue weighted by Crippen LogP contribution is 2.30. The van der Waals surface area contributed by atoms with Gasteiger partial charge < -0.3 is 25.4 Å². The zero-order valence-electron chi connectivity index (χ0n) is 16.5. The van der Waals surface area contributed by atoms with E-state index in [-0.39, 0.29) is 11.9 Å². The Hall–Kier alpha value is -0.640. The molecule has 0 bridgehead atoms. The number of thioether (sulfide) groups is 1. The first kappa shape index (κ1) is 22.6. The van der Waals surface area contributed by atoms with Gasteiger partial charge in [0.05, 0.1) is 12.1 Å². The summed E-state index contributed by atoms with van der Waals surface area (Å²) in [6.07, 6.45) is 2.23. The van der Waals surface area contributed by atoms with E-state index in [2.05, 4.69) is 23.7 Å². The Labute approximate surface area is 166 Å². The van der Waals surface area contributed by atoms with E-state index < -0.39 is 35.9 Å². The molecule has 2 saturated heterocycles. The van der Waals surface area contributed by atoms with E-state index in [1.807, 2.05) is 7.05 Å². The molecule has 2 fully saturated rings. The van der Waals surface area contributed by atoms with Gasteiger partial charge in [0.15, 0.2) is 0 Å². The Morgan fingerprint density at radius 3 is 2.67 bits per heavy atom. The third-order valence-electron chi connectivity index (χ3n) is 5.62. The predicted molar refractivity (Wildman–Crippen MR) is 106 cm³/mol. The number of likely N-dealkylation sites (tertiary alicyclic amines) is 1. The van der Waals surface area contributed by atoms with Gasteiger partial charge in [-0.1, -0.05) is 19.4 Å². The zero-order chi connectivity index (χ0) is 20.1. The van der Waals surface area contributed by atoms with Gasteiger partial charge in [0.1, 0.15) is 29.9 Å². The number of ether oxygens (including phenoxy) is 1. The topological polar surface area (TPSA) is 102 Å². The van der Waals surface area contributed by atoms with Gasteiger partial charge in [-0.05, 0) is 38.5 Å². The highest BCUT2D eigenvalue weighted by Gasteiger charge is 2.47. The molecule has 0 aliphatic carbocycles. The maximum absolute atomic E-state index is 12.9. The second kappa shape index (κ2) is 10.2. The molecule has 2 rings (SSSR count). The highest BCUT2D eigenvalue weighted by atomic mass is 32.2. The molecule has 0 aromatic rings. The Bertz CT molecular complexity index is 506. The van der Waals surface area contributed by atoms with Crippen molar-refractivity contribution in [1.82, 2.24) is 10.2 Å². The first-order valence-electron chi connectivity index (χ1n) is 9.67. The molecule has 0 radical (unpaired) electrons. The van der Waals surface area contributed by atoms with Crippen LogP contribution in [0.25, 0.3) is 0 Å². The zero-order valence-corrected chi connectivity index (χ0v) is 17.3. The van der Waals surface area contributed by atoms with Gasteiger partial charge in [-0.2, -0.15) is 0 Å². The number of carbonyl (C=O) groups is 1. The van der Waals surface area contributed by atoms with Crippen LogP contribution < -0.4 is 5.32 Å². The number of aliphatic hydroxyl groups is 3. The van der Waals surface area contributed by atoms with Crippen molar-refractivity contribution in [2.24, 2.45) is 5.92 Å². The summed E-state index contributed by atoms with van der Waals surface area (Å²) in [7, 11) is 1.96. The molecule has 0 aromatic heterocycles. The van der Waals surface area contributed by atoms with Gasteiger partial charge in [0.25, 0.3) is 0 Å². The average Bonchev–Trinajstić information content (AvgIpc) is 3.00. The van der Waals surface area contributed by atoms with E-state index in [1.54, 1.807) is 12.3 Å². The number of amides is 1. The minimum atomic E-state index is -1.33. The van der Waals surface area contributed by atoms with Gasteiger partial charge in [-0.25, -0.2) is 0 Å².